The van der Waals surface area contributed by atoms with Crippen LogP contribution in [0.5, 0.6) is 0 Å². The van der Waals surface area contributed by atoms with Crippen molar-refractivity contribution in [1.29, 1.82) is 0 Å². The van der Waals surface area contributed by atoms with Gasteiger partial charge >= 0.3 is 5.97 Å². The summed E-state index contributed by atoms with van der Waals surface area (Å²) >= 11 is 7.26. The van der Waals surface area contributed by atoms with Gasteiger partial charge in [0, 0.05) is 4.90 Å². The lowest BCUT2D eigenvalue weighted by atomic mass is 10.2. The molecule has 0 aliphatic heterocycles. The molecule has 0 aliphatic rings. The Balaban J connectivity index is 2.25. The van der Waals surface area contributed by atoms with Crippen molar-refractivity contribution in [1.82, 2.24) is 15.2 Å². The summed E-state index contributed by atoms with van der Waals surface area (Å²) in [6, 6.07) is 4.55. The molecule has 2 N–H and O–H groups in total. The van der Waals surface area contributed by atoms with Crippen molar-refractivity contribution in [2.45, 2.75) is 17.0 Å². The van der Waals surface area contributed by atoms with Crippen LogP contribution in [0, 0.1) is 6.92 Å². The summed E-state index contributed by atoms with van der Waals surface area (Å²) in [7, 11) is 0. The van der Waals surface area contributed by atoms with Gasteiger partial charge in [-0.2, -0.15) is 0 Å². The first kappa shape index (κ1) is 11.9. The lowest BCUT2D eigenvalue weighted by Crippen LogP contribution is -1.95. The molecule has 17 heavy (non-hydrogen) atoms. The molecular formula is C10H8ClN3O2S. The van der Waals surface area contributed by atoms with Crippen LogP contribution in [0.3, 0.4) is 0 Å². The molecule has 1 aromatic heterocycles. The molecule has 5 nitrogen and oxygen atoms in total. The summed E-state index contributed by atoms with van der Waals surface area (Å²) < 4.78 is 0. The molecule has 1 heterocycles. The van der Waals surface area contributed by atoms with Crippen LogP contribution in [-0.2, 0) is 0 Å². The minimum absolute atomic E-state index is 0.158. The van der Waals surface area contributed by atoms with E-state index in [1.54, 1.807) is 13.0 Å². The minimum atomic E-state index is -1.00. The van der Waals surface area contributed by atoms with Gasteiger partial charge in [-0.15, -0.1) is 5.10 Å². The first-order chi connectivity index (χ1) is 8.06. The first-order valence-corrected chi connectivity index (χ1v) is 5.85. The third-order valence-corrected chi connectivity index (χ3v) is 3.32. The maximum atomic E-state index is 10.7. The van der Waals surface area contributed by atoms with Gasteiger partial charge in [-0.1, -0.05) is 11.6 Å². The highest BCUT2D eigenvalue weighted by atomic mass is 35.5. The lowest BCUT2D eigenvalue weighted by molar-refractivity contribution is 0.0697. The smallest absolute Gasteiger partial charge is 0.335 e. The van der Waals surface area contributed by atoms with Crippen LogP contribution in [0.25, 0.3) is 0 Å². The van der Waals surface area contributed by atoms with Gasteiger partial charge in [-0.3, -0.25) is 5.10 Å². The summed E-state index contributed by atoms with van der Waals surface area (Å²) in [5.74, 6) is -0.289. The van der Waals surface area contributed by atoms with Crippen LogP contribution < -0.4 is 0 Å². The molecule has 2 aromatic rings. The molecule has 0 atom stereocenters. The van der Waals surface area contributed by atoms with Crippen LogP contribution in [0.15, 0.2) is 28.3 Å². The number of hydrogen-bond donors (Lipinski definition) is 2. The van der Waals surface area contributed by atoms with Crippen LogP contribution in [0.1, 0.15) is 16.2 Å². The molecule has 0 fully saturated rings. The SMILES string of the molecule is Cc1nc(Sc2ccc(C(=O)O)cc2Cl)n[nH]1. The van der Waals surface area contributed by atoms with Gasteiger partial charge in [-0.05, 0) is 36.9 Å². The number of aromatic carboxylic acids is 1. The Morgan fingerprint density at radius 2 is 2.29 bits per heavy atom. The summed E-state index contributed by atoms with van der Waals surface area (Å²) in [6.45, 7) is 1.80. The monoisotopic (exact) mass is 269 g/mol. The number of nitrogens with one attached hydrogen (secondary N) is 1. The molecule has 2 rings (SSSR count). The van der Waals surface area contributed by atoms with E-state index in [9.17, 15) is 4.79 Å². The molecule has 0 aliphatic carbocycles. The first-order valence-electron chi connectivity index (χ1n) is 4.66. The summed E-state index contributed by atoms with van der Waals surface area (Å²) in [5, 5.41) is 16.4. The van der Waals surface area contributed by atoms with Gasteiger partial charge in [0.2, 0.25) is 5.16 Å². The largest absolute Gasteiger partial charge is 0.478 e. The fourth-order valence-electron chi connectivity index (χ4n) is 1.18. The second-order valence-corrected chi connectivity index (χ2v) is 4.67. The topological polar surface area (TPSA) is 78.9 Å². The zero-order valence-electron chi connectivity index (χ0n) is 8.77. The number of carboxylic acid groups (broad SMARTS) is 1. The zero-order chi connectivity index (χ0) is 12.4. The number of aromatic nitrogens is 3. The Labute approximate surface area is 106 Å². The van der Waals surface area contributed by atoms with Crippen molar-refractivity contribution >= 4 is 29.3 Å². The van der Waals surface area contributed by atoms with Crippen LogP contribution in [-0.4, -0.2) is 26.3 Å². The van der Waals surface area contributed by atoms with E-state index < -0.39 is 5.97 Å². The quantitative estimate of drug-likeness (QED) is 0.895. The summed E-state index contributed by atoms with van der Waals surface area (Å²) in [5.41, 5.74) is 0.158. The Bertz CT molecular complexity index is 570. The number of hydrogen-bond acceptors (Lipinski definition) is 4. The fourth-order valence-corrected chi connectivity index (χ4v) is 2.24. The number of rotatable bonds is 3. The minimum Gasteiger partial charge on any atom is -0.478 e. The molecule has 0 bridgehead atoms. The molecule has 0 amide bonds. The predicted molar refractivity (Wildman–Crippen MR) is 63.7 cm³/mol. The Morgan fingerprint density at radius 1 is 1.53 bits per heavy atom. The lowest BCUT2D eigenvalue weighted by Gasteiger charge is -2.01. The highest BCUT2D eigenvalue weighted by Gasteiger charge is 2.10. The molecule has 0 saturated carbocycles. The van der Waals surface area contributed by atoms with E-state index in [1.807, 2.05) is 0 Å². The molecule has 0 radical (unpaired) electrons. The second-order valence-electron chi connectivity index (χ2n) is 3.26. The van der Waals surface area contributed by atoms with Gasteiger partial charge < -0.3 is 5.11 Å². The third kappa shape index (κ3) is 2.78. The standard InChI is InChI=1S/C10H8ClN3O2S/c1-5-12-10(14-13-5)17-8-3-2-6(9(15)16)4-7(8)11/h2-4H,1H3,(H,15,16)(H,12,13,14). The average molecular weight is 270 g/mol. The molecule has 0 saturated heterocycles. The molecule has 88 valence electrons. The maximum absolute atomic E-state index is 10.7. The van der Waals surface area contributed by atoms with Gasteiger partial charge in [0.15, 0.2) is 0 Å². The molecular weight excluding hydrogens is 262 g/mol. The Morgan fingerprint density at radius 3 is 2.82 bits per heavy atom. The molecule has 0 spiro atoms. The third-order valence-electron chi connectivity index (χ3n) is 1.96. The molecule has 7 heteroatoms. The van der Waals surface area contributed by atoms with Gasteiger partial charge in [0.1, 0.15) is 5.82 Å². The van der Waals surface area contributed by atoms with E-state index in [0.717, 1.165) is 4.90 Å². The van der Waals surface area contributed by atoms with E-state index >= 15 is 0 Å². The predicted octanol–water partition coefficient (Wildman–Crippen LogP) is 2.62. The van der Waals surface area contributed by atoms with Crippen molar-refractivity contribution in [2.24, 2.45) is 0 Å². The van der Waals surface area contributed by atoms with Crippen LogP contribution >= 0.6 is 23.4 Å². The van der Waals surface area contributed by atoms with E-state index in [-0.39, 0.29) is 5.56 Å². The second kappa shape index (κ2) is 4.77. The van der Waals surface area contributed by atoms with Crippen molar-refractivity contribution in [2.75, 3.05) is 0 Å². The van der Waals surface area contributed by atoms with Crippen molar-refractivity contribution in [3.05, 3.63) is 34.6 Å². The van der Waals surface area contributed by atoms with E-state index in [0.29, 0.717) is 16.0 Å². The number of carbonyl (C=O) groups is 1. The van der Waals surface area contributed by atoms with E-state index in [4.69, 9.17) is 16.7 Å². The van der Waals surface area contributed by atoms with Gasteiger partial charge in [-0.25, -0.2) is 9.78 Å². The number of halogens is 1. The zero-order valence-corrected chi connectivity index (χ0v) is 10.3. The van der Waals surface area contributed by atoms with Crippen LogP contribution in [0.4, 0.5) is 0 Å². The maximum Gasteiger partial charge on any atom is 0.335 e. The highest BCUT2D eigenvalue weighted by molar-refractivity contribution is 7.99. The highest BCUT2D eigenvalue weighted by Crippen LogP contribution is 2.31. The molecule has 1 aromatic carbocycles. The number of carboxylic acids is 1. The van der Waals surface area contributed by atoms with Crippen molar-refractivity contribution in [3.63, 3.8) is 0 Å². The Kier molecular flexibility index (Phi) is 3.35. The van der Waals surface area contributed by atoms with E-state index in [2.05, 4.69) is 15.2 Å². The molecule has 0 unspecified atom stereocenters. The Hall–Kier alpha value is -1.53. The van der Waals surface area contributed by atoms with Crippen LogP contribution in [0.2, 0.25) is 5.02 Å². The van der Waals surface area contributed by atoms with Gasteiger partial charge in [0.25, 0.3) is 0 Å². The summed E-state index contributed by atoms with van der Waals surface area (Å²) in [6.07, 6.45) is 0. The number of H-pyrrole nitrogens is 1. The normalized spacial score (nSPS) is 10.5. The number of benzene rings is 1. The number of aromatic amines is 1. The fraction of sp³-hybridized carbons (Fsp3) is 0.100. The summed E-state index contributed by atoms with van der Waals surface area (Å²) in [4.78, 5) is 15.6. The van der Waals surface area contributed by atoms with E-state index in [1.165, 1.54) is 23.9 Å². The van der Waals surface area contributed by atoms with Crippen molar-refractivity contribution < 1.29 is 9.90 Å². The number of aryl methyl sites for hydroxylation is 1. The average Bonchev–Trinajstić information content (AvgIpc) is 2.67. The van der Waals surface area contributed by atoms with Crippen molar-refractivity contribution in [3.8, 4) is 0 Å². The number of nitrogens with zero attached hydrogens (tertiary/aromatic N) is 2. The van der Waals surface area contributed by atoms with Gasteiger partial charge in [0.05, 0.1) is 10.6 Å².